The predicted molar refractivity (Wildman–Crippen MR) is 89.6 cm³/mol. The standard InChI is InChI=1S/C16H7BrF2N2O4S/c17-13-5-10(2-1-8(13)6-20)26(23,24)21-16(22)12-7-25-15-11(12)3-9(18)4-14(15)19/h1-5,7H,(H,21,22). The number of rotatable bonds is 3. The molecule has 0 aliphatic rings. The van der Waals surface area contributed by atoms with Gasteiger partial charge in [-0.25, -0.2) is 21.9 Å². The molecule has 0 spiro atoms. The topological polar surface area (TPSA) is 100 Å². The van der Waals surface area contributed by atoms with E-state index in [9.17, 15) is 22.0 Å². The van der Waals surface area contributed by atoms with Gasteiger partial charge < -0.3 is 4.42 Å². The van der Waals surface area contributed by atoms with Gasteiger partial charge in [0.05, 0.1) is 16.0 Å². The van der Waals surface area contributed by atoms with Crippen molar-refractivity contribution < 1.29 is 26.4 Å². The molecule has 1 N–H and O–H groups in total. The third-order valence-corrected chi connectivity index (χ3v) is 5.42. The lowest BCUT2D eigenvalue weighted by Gasteiger charge is -2.07. The second kappa shape index (κ2) is 6.51. The summed E-state index contributed by atoms with van der Waals surface area (Å²) >= 11 is 3.06. The van der Waals surface area contributed by atoms with Gasteiger partial charge in [-0.2, -0.15) is 5.26 Å². The number of carbonyl (C=O) groups is 1. The van der Waals surface area contributed by atoms with Crippen molar-refractivity contribution in [3.8, 4) is 6.07 Å². The Morgan fingerprint density at radius 2 is 1.96 bits per heavy atom. The minimum Gasteiger partial charge on any atom is -0.460 e. The molecular weight excluding hydrogens is 434 g/mol. The number of benzene rings is 2. The SMILES string of the molecule is N#Cc1ccc(S(=O)(=O)NC(=O)c2coc3c(F)cc(F)cc23)cc1Br. The van der Waals surface area contributed by atoms with Gasteiger partial charge in [-0.05, 0) is 40.2 Å². The van der Waals surface area contributed by atoms with E-state index in [1.165, 1.54) is 6.07 Å². The Kier molecular flexibility index (Phi) is 4.52. The summed E-state index contributed by atoms with van der Waals surface area (Å²) in [5.74, 6) is -3.07. The van der Waals surface area contributed by atoms with Crippen LogP contribution in [0.4, 0.5) is 8.78 Å². The minimum atomic E-state index is -4.29. The van der Waals surface area contributed by atoms with Gasteiger partial charge in [-0.15, -0.1) is 0 Å². The highest BCUT2D eigenvalue weighted by atomic mass is 79.9. The van der Waals surface area contributed by atoms with E-state index in [0.717, 1.165) is 24.5 Å². The molecule has 0 fully saturated rings. The summed E-state index contributed by atoms with van der Waals surface area (Å²) in [5.41, 5.74) is -0.494. The monoisotopic (exact) mass is 440 g/mol. The molecule has 1 heterocycles. The van der Waals surface area contributed by atoms with Crippen molar-refractivity contribution in [3.05, 3.63) is 63.8 Å². The normalized spacial score (nSPS) is 11.3. The van der Waals surface area contributed by atoms with Gasteiger partial charge in [0.2, 0.25) is 0 Å². The quantitative estimate of drug-likeness (QED) is 0.671. The molecule has 2 aromatic carbocycles. The summed E-state index contributed by atoms with van der Waals surface area (Å²) in [5, 5.41) is 8.66. The molecule has 0 bridgehead atoms. The lowest BCUT2D eigenvalue weighted by molar-refractivity contribution is 0.0982. The molecule has 26 heavy (non-hydrogen) atoms. The average molecular weight is 441 g/mol. The van der Waals surface area contributed by atoms with E-state index in [0.29, 0.717) is 6.07 Å². The van der Waals surface area contributed by atoms with Crippen LogP contribution < -0.4 is 4.72 Å². The molecule has 0 saturated heterocycles. The van der Waals surface area contributed by atoms with Gasteiger partial charge in [-0.3, -0.25) is 4.79 Å². The van der Waals surface area contributed by atoms with Crippen LogP contribution in [0.1, 0.15) is 15.9 Å². The molecule has 3 rings (SSSR count). The highest BCUT2D eigenvalue weighted by molar-refractivity contribution is 9.10. The zero-order valence-electron chi connectivity index (χ0n) is 12.6. The van der Waals surface area contributed by atoms with E-state index in [2.05, 4.69) is 15.9 Å². The van der Waals surface area contributed by atoms with Crippen molar-refractivity contribution >= 4 is 42.8 Å². The molecule has 3 aromatic rings. The molecule has 10 heteroatoms. The number of furan rings is 1. The van der Waals surface area contributed by atoms with Gasteiger partial charge in [-0.1, -0.05) is 0 Å². The Balaban J connectivity index is 1.97. The van der Waals surface area contributed by atoms with Crippen LogP contribution in [0.2, 0.25) is 0 Å². The summed E-state index contributed by atoms with van der Waals surface area (Å²) in [6, 6.07) is 6.86. The van der Waals surface area contributed by atoms with Crippen molar-refractivity contribution in [2.75, 3.05) is 0 Å². The average Bonchev–Trinajstić information content (AvgIpc) is 2.98. The molecule has 0 radical (unpaired) electrons. The first-order chi connectivity index (χ1) is 12.2. The number of carbonyl (C=O) groups excluding carboxylic acids is 1. The highest BCUT2D eigenvalue weighted by Gasteiger charge is 2.23. The van der Waals surface area contributed by atoms with Crippen LogP contribution in [0.15, 0.2) is 50.4 Å². The number of nitrogens with zero attached hydrogens (tertiary/aromatic N) is 1. The number of hydrogen-bond donors (Lipinski definition) is 1. The van der Waals surface area contributed by atoms with Crippen molar-refractivity contribution in [1.82, 2.24) is 4.72 Å². The summed E-state index contributed by atoms with van der Waals surface area (Å²) < 4.78 is 58.6. The van der Waals surface area contributed by atoms with E-state index < -0.39 is 27.6 Å². The van der Waals surface area contributed by atoms with Crippen molar-refractivity contribution in [1.29, 1.82) is 5.26 Å². The molecule has 0 saturated carbocycles. The van der Waals surface area contributed by atoms with Gasteiger partial charge >= 0.3 is 0 Å². The maximum atomic E-state index is 13.6. The largest absolute Gasteiger partial charge is 0.460 e. The van der Waals surface area contributed by atoms with Crippen LogP contribution in [0.25, 0.3) is 11.0 Å². The Morgan fingerprint density at radius 1 is 1.23 bits per heavy atom. The molecular formula is C16H7BrF2N2O4S. The third-order valence-electron chi connectivity index (χ3n) is 3.44. The summed E-state index contributed by atoms with van der Waals surface area (Å²) in [6.45, 7) is 0. The number of fused-ring (bicyclic) bond motifs is 1. The van der Waals surface area contributed by atoms with Crippen LogP contribution in [-0.2, 0) is 10.0 Å². The van der Waals surface area contributed by atoms with Crippen molar-refractivity contribution in [3.63, 3.8) is 0 Å². The van der Waals surface area contributed by atoms with Crippen LogP contribution in [-0.4, -0.2) is 14.3 Å². The lowest BCUT2D eigenvalue weighted by Crippen LogP contribution is -2.30. The first-order valence-electron chi connectivity index (χ1n) is 6.86. The van der Waals surface area contributed by atoms with E-state index in [1.54, 1.807) is 4.72 Å². The van der Waals surface area contributed by atoms with Crippen molar-refractivity contribution in [2.45, 2.75) is 4.90 Å². The smallest absolute Gasteiger partial charge is 0.268 e. The maximum Gasteiger partial charge on any atom is 0.268 e. The number of amides is 1. The van der Waals surface area contributed by atoms with Gasteiger partial charge in [0.25, 0.3) is 15.9 Å². The zero-order chi connectivity index (χ0) is 19.1. The first-order valence-corrected chi connectivity index (χ1v) is 9.13. The van der Waals surface area contributed by atoms with E-state index in [1.807, 2.05) is 6.07 Å². The third kappa shape index (κ3) is 3.18. The van der Waals surface area contributed by atoms with Crippen LogP contribution >= 0.6 is 15.9 Å². The summed E-state index contributed by atoms with van der Waals surface area (Å²) in [6.07, 6.45) is 0.840. The first kappa shape index (κ1) is 18.0. The molecule has 132 valence electrons. The number of nitrogens with one attached hydrogen (secondary N) is 1. The molecule has 0 atom stereocenters. The molecule has 0 unspecified atom stereocenters. The second-order valence-electron chi connectivity index (χ2n) is 5.10. The fraction of sp³-hybridized carbons (Fsp3) is 0. The summed E-state index contributed by atoms with van der Waals surface area (Å²) in [7, 11) is -4.29. The van der Waals surface area contributed by atoms with Crippen LogP contribution in [0.3, 0.4) is 0 Å². The van der Waals surface area contributed by atoms with Crippen molar-refractivity contribution in [2.24, 2.45) is 0 Å². The molecule has 0 aliphatic carbocycles. The van der Waals surface area contributed by atoms with E-state index >= 15 is 0 Å². The Labute approximate surface area is 154 Å². The number of hydrogen-bond acceptors (Lipinski definition) is 5. The molecule has 1 amide bonds. The minimum absolute atomic E-state index is 0.198. The second-order valence-corrected chi connectivity index (χ2v) is 7.64. The molecule has 0 aliphatic heterocycles. The highest BCUT2D eigenvalue weighted by Crippen LogP contribution is 2.26. The Morgan fingerprint density at radius 3 is 2.62 bits per heavy atom. The van der Waals surface area contributed by atoms with Crippen LogP contribution in [0.5, 0.6) is 0 Å². The van der Waals surface area contributed by atoms with Crippen LogP contribution in [0, 0.1) is 23.0 Å². The number of sulfonamides is 1. The number of halogens is 3. The van der Waals surface area contributed by atoms with Gasteiger partial charge in [0.15, 0.2) is 11.4 Å². The zero-order valence-corrected chi connectivity index (χ0v) is 15.0. The lowest BCUT2D eigenvalue weighted by atomic mass is 10.1. The van der Waals surface area contributed by atoms with Gasteiger partial charge in [0.1, 0.15) is 18.1 Å². The fourth-order valence-corrected chi connectivity index (χ4v) is 3.84. The predicted octanol–water partition coefficient (Wildman–Crippen LogP) is 3.46. The number of nitriles is 1. The molecule has 1 aromatic heterocycles. The maximum absolute atomic E-state index is 13.6. The van der Waals surface area contributed by atoms with E-state index in [4.69, 9.17) is 9.68 Å². The Bertz CT molecular complexity index is 1200. The molecule has 6 nitrogen and oxygen atoms in total. The summed E-state index contributed by atoms with van der Waals surface area (Å²) in [4.78, 5) is 12.0. The van der Waals surface area contributed by atoms with Gasteiger partial charge in [0, 0.05) is 15.9 Å². The van der Waals surface area contributed by atoms with E-state index in [-0.39, 0.29) is 31.5 Å². The fourth-order valence-electron chi connectivity index (χ4n) is 2.23. The Hall–Kier alpha value is -2.77.